The molecule has 13 heavy (non-hydrogen) atoms. The fourth-order valence-electron chi connectivity index (χ4n) is 1.02. The third-order valence-corrected chi connectivity index (χ3v) is 1.69. The van der Waals surface area contributed by atoms with Crippen molar-refractivity contribution in [3.8, 4) is 0 Å². The maximum atomic E-state index is 11.3. The molecule has 1 rings (SSSR count). The predicted molar refractivity (Wildman–Crippen MR) is 43.2 cm³/mol. The number of ether oxygens (including phenoxy) is 1. The lowest BCUT2D eigenvalue weighted by atomic mass is 10.4. The molecule has 1 amide bonds. The summed E-state index contributed by atoms with van der Waals surface area (Å²) in [5.41, 5.74) is 0. The molecule has 0 aliphatic carbocycles. The van der Waals surface area contributed by atoms with Crippen molar-refractivity contribution >= 4 is 11.7 Å². The van der Waals surface area contributed by atoms with Gasteiger partial charge in [-0.1, -0.05) is 6.57 Å². The normalized spacial score (nSPS) is 18.1. The maximum absolute atomic E-state index is 11.3. The van der Waals surface area contributed by atoms with Gasteiger partial charge in [0, 0.05) is 13.1 Å². The SMILES string of the molecule is [C-]#[N+]/C(=N\O)C(=O)N1CCOCC1. The molecule has 0 atom stereocenters. The van der Waals surface area contributed by atoms with E-state index in [9.17, 15) is 4.79 Å². The minimum absolute atomic E-state index is 0.438. The van der Waals surface area contributed by atoms with Gasteiger partial charge in [0.25, 0.3) is 5.91 Å². The van der Waals surface area contributed by atoms with Crippen molar-refractivity contribution in [2.45, 2.75) is 0 Å². The second-order valence-electron chi connectivity index (χ2n) is 2.44. The second-order valence-corrected chi connectivity index (χ2v) is 2.44. The molecule has 0 unspecified atom stereocenters. The smallest absolute Gasteiger partial charge is 0.378 e. The van der Waals surface area contributed by atoms with Crippen LogP contribution >= 0.6 is 0 Å². The zero-order valence-corrected chi connectivity index (χ0v) is 6.93. The van der Waals surface area contributed by atoms with E-state index in [0.29, 0.717) is 26.3 Å². The first-order chi connectivity index (χ1) is 6.29. The van der Waals surface area contributed by atoms with E-state index in [4.69, 9.17) is 16.5 Å². The fraction of sp³-hybridized carbons (Fsp3) is 0.571. The van der Waals surface area contributed by atoms with Gasteiger partial charge in [-0.25, -0.2) is 0 Å². The molecule has 1 saturated heterocycles. The van der Waals surface area contributed by atoms with Crippen molar-refractivity contribution in [3.63, 3.8) is 0 Å². The van der Waals surface area contributed by atoms with Crippen LogP contribution in [0, 0.1) is 6.57 Å². The average Bonchev–Trinajstić information content (AvgIpc) is 2.21. The van der Waals surface area contributed by atoms with E-state index in [0.717, 1.165) is 0 Å². The van der Waals surface area contributed by atoms with E-state index in [1.807, 2.05) is 0 Å². The summed E-state index contributed by atoms with van der Waals surface area (Å²) in [6.45, 7) is 8.36. The Kier molecular flexibility index (Phi) is 3.23. The van der Waals surface area contributed by atoms with E-state index < -0.39 is 11.7 Å². The average molecular weight is 183 g/mol. The molecule has 0 bridgehead atoms. The molecule has 6 heteroatoms. The Labute approximate surface area is 75.2 Å². The van der Waals surface area contributed by atoms with Gasteiger partial charge in [-0.3, -0.25) is 4.79 Å². The first kappa shape index (κ1) is 9.48. The molecule has 0 radical (unpaired) electrons. The van der Waals surface area contributed by atoms with Gasteiger partial charge < -0.3 is 19.7 Å². The van der Waals surface area contributed by atoms with Crippen LogP contribution in [0.5, 0.6) is 0 Å². The summed E-state index contributed by atoms with van der Waals surface area (Å²) < 4.78 is 5.02. The van der Waals surface area contributed by atoms with E-state index >= 15 is 0 Å². The Balaban J connectivity index is 2.61. The number of oxime groups is 1. The highest BCUT2D eigenvalue weighted by molar-refractivity contribution is 6.41. The highest BCUT2D eigenvalue weighted by Gasteiger charge is 2.22. The van der Waals surface area contributed by atoms with Gasteiger partial charge in [0.1, 0.15) is 0 Å². The number of nitrogens with zero attached hydrogens (tertiary/aromatic N) is 3. The number of amides is 1. The summed E-state index contributed by atoms with van der Waals surface area (Å²) in [5, 5.41) is 10.9. The summed E-state index contributed by atoms with van der Waals surface area (Å²) in [6.07, 6.45) is 0. The molecular formula is C7H9N3O3. The molecule has 0 spiro atoms. The van der Waals surface area contributed by atoms with Crippen molar-refractivity contribution in [1.29, 1.82) is 0 Å². The van der Waals surface area contributed by atoms with Crippen LogP contribution in [0.3, 0.4) is 0 Å². The Hall–Kier alpha value is -1.61. The molecule has 1 aliphatic rings. The Morgan fingerprint density at radius 3 is 2.62 bits per heavy atom. The van der Waals surface area contributed by atoms with Crippen molar-refractivity contribution in [3.05, 3.63) is 11.4 Å². The lowest BCUT2D eigenvalue weighted by molar-refractivity contribution is -0.128. The van der Waals surface area contributed by atoms with Gasteiger partial charge in [-0.05, 0) is 0 Å². The Bertz CT molecular complexity index is 263. The molecule has 1 fully saturated rings. The van der Waals surface area contributed by atoms with E-state index in [-0.39, 0.29) is 0 Å². The summed E-state index contributed by atoms with van der Waals surface area (Å²) in [4.78, 5) is 15.6. The van der Waals surface area contributed by atoms with Crippen molar-refractivity contribution < 1.29 is 14.7 Å². The second kappa shape index (κ2) is 4.42. The van der Waals surface area contributed by atoms with E-state index in [1.54, 1.807) is 0 Å². The van der Waals surface area contributed by atoms with Crippen LogP contribution in [0.4, 0.5) is 0 Å². The number of hydrogen-bond acceptors (Lipinski definition) is 4. The van der Waals surface area contributed by atoms with E-state index in [1.165, 1.54) is 4.90 Å². The zero-order valence-electron chi connectivity index (χ0n) is 6.93. The molecule has 70 valence electrons. The molecule has 0 aromatic heterocycles. The van der Waals surface area contributed by atoms with Crippen molar-refractivity contribution in [2.24, 2.45) is 5.16 Å². The summed E-state index contributed by atoms with van der Waals surface area (Å²) in [5.74, 6) is -1.04. The van der Waals surface area contributed by atoms with Crippen LogP contribution in [-0.4, -0.2) is 48.2 Å². The highest BCUT2D eigenvalue weighted by atomic mass is 16.5. The standard InChI is InChI=1S/C7H9N3O3/c1-8-6(9-12)7(11)10-2-4-13-5-3-10/h12H,2-5H2/b9-6-. The van der Waals surface area contributed by atoms with Crippen LogP contribution in [0.25, 0.3) is 4.85 Å². The van der Waals surface area contributed by atoms with Crippen LogP contribution in [0.15, 0.2) is 5.16 Å². The number of hydrogen-bond donors (Lipinski definition) is 1. The van der Waals surface area contributed by atoms with Gasteiger partial charge >= 0.3 is 5.84 Å². The predicted octanol–water partition coefficient (Wildman–Crippen LogP) is -0.448. The largest absolute Gasteiger partial charge is 0.378 e. The topological polar surface area (TPSA) is 66.5 Å². The van der Waals surface area contributed by atoms with Gasteiger partial charge in [0.05, 0.1) is 18.4 Å². The van der Waals surface area contributed by atoms with Gasteiger partial charge in [0.15, 0.2) is 0 Å². The van der Waals surface area contributed by atoms with Gasteiger partial charge in [0.2, 0.25) is 0 Å². The summed E-state index contributed by atoms with van der Waals surface area (Å²) >= 11 is 0. The highest BCUT2D eigenvalue weighted by Crippen LogP contribution is 1.99. The number of amidine groups is 1. The lowest BCUT2D eigenvalue weighted by Crippen LogP contribution is -2.43. The van der Waals surface area contributed by atoms with Crippen LogP contribution < -0.4 is 0 Å². The molecular weight excluding hydrogens is 174 g/mol. The monoisotopic (exact) mass is 183 g/mol. The number of rotatable bonds is 0. The van der Waals surface area contributed by atoms with Gasteiger partial charge in [-0.15, -0.1) is 0 Å². The minimum atomic E-state index is -0.541. The summed E-state index contributed by atoms with van der Waals surface area (Å²) in [7, 11) is 0. The lowest BCUT2D eigenvalue weighted by Gasteiger charge is -2.25. The van der Waals surface area contributed by atoms with Crippen LogP contribution in [-0.2, 0) is 9.53 Å². The molecule has 0 saturated carbocycles. The van der Waals surface area contributed by atoms with Gasteiger partial charge in [-0.2, -0.15) is 0 Å². The third-order valence-electron chi connectivity index (χ3n) is 1.69. The summed E-state index contributed by atoms with van der Waals surface area (Å²) in [6, 6.07) is 0. The number of carbonyl (C=O) groups excluding carboxylic acids is 1. The first-order valence-corrected chi connectivity index (χ1v) is 3.76. The quantitative estimate of drug-likeness (QED) is 0.182. The maximum Gasteiger partial charge on any atom is 0.378 e. The number of morpholine rings is 1. The zero-order chi connectivity index (χ0) is 9.68. The third kappa shape index (κ3) is 2.16. The molecule has 1 N–H and O–H groups in total. The Morgan fingerprint density at radius 1 is 1.54 bits per heavy atom. The Morgan fingerprint density at radius 2 is 2.15 bits per heavy atom. The molecule has 6 nitrogen and oxygen atoms in total. The molecule has 1 heterocycles. The molecule has 0 aromatic carbocycles. The van der Waals surface area contributed by atoms with Crippen LogP contribution in [0.2, 0.25) is 0 Å². The van der Waals surface area contributed by atoms with Crippen molar-refractivity contribution in [2.75, 3.05) is 26.3 Å². The molecule has 0 aromatic rings. The minimum Gasteiger partial charge on any atom is -0.378 e. The van der Waals surface area contributed by atoms with E-state index in [2.05, 4.69) is 10.0 Å². The first-order valence-electron chi connectivity index (χ1n) is 3.76. The fourth-order valence-corrected chi connectivity index (χ4v) is 1.02. The molecule has 1 aliphatic heterocycles. The number of carbonyl (C=O) groups is 1. The van der Waals surface area contributed by atoms with Crippen LogP contribution in [0.1, 0.15) is 0 Å². The van der Waals surface area contributed by atoms with Crippen molar-refractivity contribution in [1.82, 2.24) is 4.90 Å².